The molecule has 112 valence electrons. The Labute approximate surface area is 122 Å². The fourth-order valence-corrected chi connectivity index (χ4v) is 2.03. The molecule has 0 saturated heterocycles. The Kier molecular flexibility index (Phi) is 4.47. The highest BCUT2D eigenvalue weighted by atomic mass is 16.5. The Morgan fingerprint density at radius 3 is 2.24 bits per heavy atom. The van der Waals surface area contributed by atoms with E-state index in [0.717, 1.165) is 0 Å². The van der Waals surface area contributed by atoms with E-state index in [2.05, 4.69) is 4.98 Å². The number of hydrogen-bond donors (Lipinski definition) is 0. The van der Waals surface area contributed by atoms with Crippen LogP contribution in [-0.4, -0.2) is 38.9 Å². The Hall–Kier alpha value is -2.50. The molecule has 2 rings (SSSR count). The number of ether oxygens (including phenoxy) is 4. The number of hydrogen-bond acceptors (Lipinski definition) is 6. The third-order valence-corrected chi connectivity index (χ3v) is 3.00. The summed E-state index contributed by atoms with van der Waals surface area (Å²) in [5.41, 5.74) is 0.624. The number of aromatic nitrogens is 1. The Morgan fingerprint density at radius 1 is 1.05 bits per heavy atom. The number of pyridine rings is 1. The molecule has 0 amide bonds. The van der Waals surface area contributed by atoms with Gasteiger partial charge in [-0.1, -0.05) is 0 Å². The summed E-state index contributed by atoms with van der Waals surface area (Å²) in [5, 5.41) is 0.696. The van der Waals surface area contributed by atoms with Gasteiger partial charge in [0.25, 0.3) is 0 Å². The van der Waals surface area contributed by atoms with Crippen molar-refractivity contribution >= 4 is 16.9 Å². The van der Waals surface area contributed by atoms with Crippen molar-refractivity contribution in [3.05, 3.63) is 23.9 Å². The molecule has 1 aromatic carbocycles. The molecular formula is C15H17NO5. The first-order valence-corrected chi connectivity index (χ1v) is 6.43. The maximum absolute atomic E-state index is 12.0. The van der Waals surface area contributed by atoms with Gasteiger partial charge in [-0.15, -0.1) is 0 Å². The van der Waals surface area contributed by atoms with Crippen LogP contribution in [0.5, 0.6) is 17.2 Å². The van der Waals surface area contributed by atoms with Crippen molar-refractivity contribution in [3.63, 3.8) is 0 Å². The first kappa shape index (κ1) is 14.9. The van der Waals surface area contributed by atoms with Gasteiger partial charge in [-0.25, -0.2) is 9.78 Å². The van der Waals surface area contributed by atoms with Crippen LogP contribution in [0.15, 0.2) is 18.2 Å². The molecule has 0 fully saturated rings. The first-order valence-electron chi connectivity index (χ1n) is 6.43. The number of nitrogens with zero attached hydrogens (tertiary/aromatic N) is 1. The van der Waals surface area contributed by atoms with Crippen LogP contribution in [0.4, 0.5) is 0 Å². The zero-order valence-electron chi connectivity index (χ0n) is 12.4. The molecule has 1 aromatic heterocycles. The van der Waals surface area contributed by atoms with Crippen molar-refractivity contribution in [3.8, 4) is 17.2 Å². The molecule has 21 heavy (non-hydrogen) atoms. The first-order chi connectivity index (χ1) is 10.2. The molecule has 0 radical (unpaired) electrons. The summed E-state index contributed by atoms with van der Waals surface area (Å²) < 4.78 is 20.8. The average molecular weight is 291 g/mol. The molecule has 0 aliphatic heterocycles. The van der Waals surface area contributed by atoms with Crippen LogP contribution in [0.1, 0.15) is 17.4 Å². The standard InChI is InChI=1S/C15H17NO5/c1-5-21-15(17)14-12(20-4)8-9-10(18-2)6-7-11(19-3)13(9)16-14/h6-8H,5H2,1-4H3. The van der Waals surface area contributed by atoms with Crippen molar-refractivity contribution in [2.75, 3.05) is 27.9 Å². The zero-order chi connectivity index (χ0) is 15.4. The SMILES string of the molecule is CCOC(=O)c1nc2c(OC)ccc(OC)c2cc1OC. The molecule has 1 heterocycles. The van der Waals surface area contributed by atoms with Gasteiger partial charge in [0.15, 0.2) is 11.4 Å². The van der Waals surface area contributed by atoms with Gasteiger partial charge in [0.2, 0.25) is 0 Å². The fraction of sp³-hybridized carbons (Fsp3) is 0.333. The largest absolute Gasteiger partial charge is 0.496 e. The highest BCUT2D eigenvalue weighted by molar-refractivity contribution is 5.98. The quantitative estimate of drug-likeness (QED) is 0.788. The number of methoxy groups -OCH3 is 3. The lowest BCUT2D eigenvalue weighted by molar-refractivity contribution is 0.0516. The van der Waals surface area contributed by atoms with Crippen molar-refractivity contribution in [2.24, 2.45) is 0 Å². The van der Waals surface area contributed by atoms with E-state index in [1.807, 2.05) is 0 Å². The molecule has 0 aliphatic rings. The van der Waals surface area contributed by atoms with Gasteiger partial charge < -0.3 is 18.9 Å². The lowest BCUT2D eigenvalue weighted by atomic mass is 10.1. The number of carbonyl (C=O) groups excluding carboxylic acids is 1. The predicted molar refractivity (Wildman–Crippen MR) is 77.4 cm³/mol. The lowest BCUT2D eigenvalue weighted by Gasteiger charge is -2.13. The second-order valence-corrected chi connectivity index (χ2v) is 4.13. The van der Waals surface area contributed by atoms with Crippen LogP contribution >= 0.6 is 0 Å². The van der Waals surface area contributed by atoms with E-state index in [-0.39, 0.29) is 12.3 Å². The van der Waals surface area contributed by atoms with E-state index in [4.69, 9.17) is 18.9 Å². The van der Waals surface area contributed by atoms with Crippen LogP contribution < -0.4 is 14.2 Å². The van der Waals surface area contributed by atoms with E-state index in [0.29, 0.717) is 28.2 Å². The molecule has 0 saturated carbocycles. The summed E-state index contributed by atoms with van der Waals surface area (Å²) in [5.74, 6) is 0.944. The van der Waals surface area contributed by atoms with Crippen LogP contribution in [0, 0.1) is 0 Å². The minimum absolute atomic E-state index is 0.110. The van der Waals surface area contributed by atoms with Crippen LogP contribution in [-0.2, 0) is 4.74 Å². The van der Waals surface area contributed by atoms with E-state index in [1.165, 1.54) is 14.2 Å². The molecule has 0 atom stereocenters. The normalized spacial score (nSPS) is 10.3. The molecule has 2 aromatic rings. The number of fused-ring (bicyclic) bond motifs is 1. The molecule has 0 N–H and O–H groups in total. The van der Waals surface area contributed by atoms with Crippen LogP contribution in [0.25, 0.3) is 10.9 Å². The van der Waals surface area contributed by atoms with Crippen molar-refractivity contribution in [1.82, 2.24) is 4.98 Å². The second-order valence-electron chi connectivity index (χ2n) is 4.13. The molecular weight excluding hydrogens is 274 g/mol. The van der Waals surface area contributed by atoms with Crippen molar-refractivity contribution < 1.29 is 23.7 Å². The predicted octanol–water partition coefficient (Wildman–Crippen LogP) is 2.44. The summed E-state index contributed by atoms with van der Waals surface area (Å²) >= 11 is 0. The topological polar surface area (TPSA) is 66.9 Å². The number of carbonyl (C=O) groups is 1. The fourth-order valence-electron chi connectivity index (χ4n) is 2.03. The maximum atomic E-state index is 12.0. The Balaban J connectivity index is 2.74. The summed E-state index contributed by atoms with van der Waals surface area (Å²) in [6.07, 6.45) is 0. The Bertz CT molecular complexity index is 669. The average Bonchev–Trinajstić information content (AvgIpc) is 2.52. The molecule has 0 bridgehead atoms. The smallest absolute Gasteiger partial charge is 0.360 e. The van der Waals surface area contributed by atoms with Gasteiger partial charge in [-0.05, 0) is 25.1 Å². The van der Waals surface area contributed by atoms with Crippen LogP contribution in [0.3, 0.4) is 0 Å². The van der Waals surface area contributed by atoms with Gasteiger partial charge in [0.1, 0.15) is 17.0 Å². The second kappa shape index (κ2) is 6.30. The minimum atomic E-state index is -0.541. The van der Waals surface area contributed by atoms with E-state index >= 15 is 0 Å². The number of rotatable bonds is 5. The Morgan fingerprint density at radius 2 is 1.67 bits per heavy atom. The number of esters is 1. The van der Waals surface area contributed by atoms with E-state index in [1.54, 1.807) is 32.2 Å². The molecule has 0 unspecified atom stereocenters. The van der Waals surface area contributed by atoms with Crippen molar-refractivity contribution in [2.45, 2.75) is 6.92 Å². The summed E-state index contributed by atoms with van der Waals surface area (Å²) in [7, 11) is 4.57. The molecule has 0 spiro atoms. The third kappa shape index (κ3) is 2.69. The summed E-state index contributed by atoms with van der Waals surface area (Å²) in [6.45, 7) is 1.99. The maximum Gasteiger partial charge on any atom is 0.360 e. The highest BCUT2D eigenvalue weighted by Gasteiger charge is 2.20. The minimum Gasteiger partial charge on any atom is -0.496 e. The van der Waals surface area contributed by atoms with E-state index in [9.17, 15) is 4.79 Å². The van der Waals surface area contributed by atoms with Crippen molar-refractivity contribution in [1.29, 1.82) is 0 Å². The van der Waals surface area contributed by atoms with Gasteiger partial charge >= 0.3 is 5.97 Å². The molecule has 0 aliphatic carbocycles. The highest BCUT2D eigenvalue weighted by Crippen LogP contribution is 2.35. The lowest BCUT2D eigenvalue weighted by Crippen LogP contribution is -2.10. The zero-order valence-corrected chi connectivity index (χ0v) is 12.4. The molecule has 6 heteroatoms. The van der Waals surface area contributed by atoms with Gasteiger partial charge in [-0.2, -0.15) is 0 Å². The molecule has 6 nitrogen and oxygen atoms in total. The van der Waals surface area contributed by atoms with Crippen LogP contribution in [0.2, 0.25) is 0 Å². The van der Waals surface area contributed by atoms with Gasteiger partial charge in [0, 0.05) is 5.39 Å². The monoisotopic (exact) mass is 291 g/mol. The summed E-state index contributed by atoms with van der Waals surface area (Å²) in [6, 6.07) is 5.19. The van der Waals surface area contributed by atoms with E-state index < -0.39 is 5.97 Å². The summed E-state index contributed by atoms with van der Waals surface area (Å²) in [4.78, 5) is 16.3. The van der Waals surface area contributed by atoms with Gasteiger partial charge in [0.05, 0.1) is 27.9 Å². The number of benzene rings is 1. The third-order valence-electron chi connectivity index (χ3n) is 3.00. The van der Waals surface area contributed by atoms with Gasteiger partial charge in [-0.3, -0.25) is 0 Å².